The van der Waals surface area contributed by atoms with Crippen molar-refractivity contribution in [1.82, 2.24) is 0 Å². The second kappa shape index (κ2) is 6.58. The number of aromatic hydroxyl groups is 1. The summed E-state index contributed by atoms with van der Waals surface area (Å²) < 4.78 is 5.75. The Hall–Kier alpha value is -3.42. The maximum atomic E-state index is 12.0. The van der Waals surface area contributed by atoms with Gasteiger partial charge >= 0.3 is 5.97 Å². The van der Waals surface area contributed by atoms with Gasteiger partial charge in [-0.25, -0.2) is 4.79 Å². The van der Waals surface area contributed by atoms with Crippen LogP contribution in [0.25, 0.3) is 33.4 Å². The van der Waals surface area contributed by atoms with E-state index in [2.05, 4.69) is 0 Å². The zero-order chi connectivity index (χ0) is 21.0. The molecule has 9 heteroatoms. The number of carboxylic acid groups (broad SMARTS) is 1. The van der Waals surface area contributed by atoms with Crippen molar-refractivity contribution in [3.8, 4) is 28.2 Å². The fourth-order valence-electron chi connectivity index (χ4n) is 3.25. The summed E-state index contributed by atoms with van der Waals surface area (Å²) in [6, 6.07) is 7.94. The number of hydrogen-bond donors (Lipinski definition) is 4. The van der Waals surface area contributed by atoms with Crippen LogP contribution >= 0.6 is 23.2 Å². The first-order valence-electron chi connectivity index (χ1n) is 8.19. The Morgan fingerprint density at radius 3 is 2.41 bits per heavy atom. The normalized spacial score (nSPS) is 11.2. The van der Waals surface area contributed by atoms with E-state index < -0.39 is 11.4 Å². The van der Waals surface area contributed by atoms with Gasteiger partial charge in [-0.15, -0.1) is 0 Å². The second-order valence-corrected chi connectivity index (χ2v) is 7.17. The average molecular weight is 431 g/mol. The molecule has 29 heavy (non-hydrogen) atoms. The molecule has 0 fully saturated rings. The van der Waals surface area contributed by atoms with Crippen molar-refractivity contribution in [1.29, 1.82) is 0 Å². The van der Waals surface area contributed by atoms with Crippen molar-refractivity contribution in [3.63, 3.8) is 0 Å². The number of hydrogen-bond acceptors (Lipinski definition) is 6. The highest BCUT2D eigenvalue weighted by atomic mass is 35.5. The molecule has 0 saturated heterocycles. The summed E-state index contributed by atoms with van der Waals surface area (Å²) in [4.78, 5) is 23.9. The number of phenolic OH excluding ortho intramolecular Hbond substituents is 1. The molecule has 6 N–H and O–H groups in total. The van der Waals surface area contributed by atoms with E-state index in [-0.39, 0.29) is 49.6 Å². The van der Waals surface area contributed by atoms with Crippen LogP contribution in [0.4, 0.5) is 11.4 Å². The highest BCUT2D eigenvalue weighted by Gasteiger charge is 2.26. The van der Waals surface area contributed by atoms with E-state index in [0.29, 0.717) is 16.5 Å². The molecule has 0 aromatic heterocycles. The van der Waals surface area contributed by atoms with Gasteiger partial charge in [0.25, 0.3) is 0 Å². The maximum Gasteiger partial charge on any atom is 0.336 e. The minimum absolute atomic E-state index is 0.0131. The second-order valence-electron chi connectivity index (χ2n) is 6.35. The van der Waals surface area contributed by atoms with Crippen LogP contribution in [0.2, 0.25) is 10.0 Å². The molecule has 1 aliphatic carbocycles. The van der Waals surface area contributed by atoms with Gasteiger partial charge < -0.3 is 26.1 Å². The number of rotatable bonds is 2. The number of carbonyl (C=O) groups is 1. The highest BCUT2D eigenvalue weighted by molar-refractivity contribution is 6.33. The molecular formula is C20H12Cl2N2O5. The van der Waals surface area contributed by atoms with Crippen LogP contribution < -0.4 is 16.9 Å². The first kappa shape index (κ1) is 18.9. The molecule has 0 radical (unpaired) electrons. The summed E-state index contributed by atoms with van der Waals surface area (Å²) in [5.41, 5.74) is 12.7. The highest BCUT2D eigenvalue weighted by Crippen LogP contribution is 2.47. The number of nitrogen functional groups attached to an aromatic ring is 2. The van der Waals surface area contributed by atoms with Gasteiger partial charge in [-0.3, -0.25) is 4.79 Å². The first-order chi connectivity index (χ1) is 13.7. The number of fused-ring (bicyclic) bond motifs is 2. The lowest BCUT2D eigenvalue weighted by Crippen LogP contribution is -2.08. The molecule has 0 atom stereocenters. The number of nitrogens with two attached hydrogens (primary N) is 2. The SMILES string of the molecule is Nc1ccc(C(=O)O)c(-c2c3cc(Cl)c(=O)cc-3oc3cc(O)c(Cl)cc23)c1N. The summed E-state index contributed by atoms with van der Waals surface area (Å²) in [6.07, 6.45) is 0. The lowest BCUT2D eigenvalue weighted by molar-refractivity contribution is 0.0698. The molecule has 146 valence electrons. The third-order valence-electron chi connectivity index (χ3n) is 4.60. The Morgan fingerprint density at radius 2 is 1.72 bits per heavy atom. The van der Waals surface area contributed by atoms with Crippen molar-refractivity contribution >= 4 is 51.5 Å². The van der Waals surface area contributed by atoms with Gasteiger partial charge in [-0.2, -0.15) is 0 Å². The van der Waals surface area contributed by atoms with Crippen LogP contribution in [0.5, 0.6) is 5.75 Å². The third kappa shape index (κ3) is 2.91. The first-order valence-corrected chi connectivity index (χ1v) is 8.95. The predicted octanol–water partition coefficient (Wildman–Crippen LogP) is 4.44. The van der Waals surface area contributed by atoms with E-state index in [1.54, 1.807) is 0 Å². The molecule has 1 aliphatic heterocycles. The van der Waals surface area contributed by atoms with Gasteiger partial charge in [0.2, 0.25) is 5.43 Å². The Morgan fingerprint density at radius 1 is 1.00 bits per heavy atom. The van der Waals surface area contributed by atoms with Gasteiger partial charge in [-0.1, -0.05) is 23.2 Å². The van der Waals surface area contributed by atoms with E-state index in [0.717, 1.165) is 0 Å². The van der Waals surface area contributed by atoms with E-state index >= 15 is 0 Å². The summed E-state index contributed by atoms with van der Waals surface area (Å²) in [5, 5.41) is 20.0. The van der Waals surface area contributed by atoms with Crippen molar-refractivity contribution in [2.45, 2.75) is 0 Å². The molecular weight excluding hydrogens is 419 g/mol. The number of carboxylic acids is 1. The van der Waals surface area contributed by atoms with E-state index in [9.17, 15) is 19.8 Å². The number of halogens is 2. The molecule has 0 unspecified atom stereocenters. The number of phenols is 1. The van der Waals surface area contributed by atoms with Crippen LogP contribution in [-0.4, -0.2) is 16.2 Å². The number of anilines is 2. The minimum Gasteiger partial charge on any atom is -0.506 e. The Bertz CT molecular complexity index is 1360. The molecule has 2 aromatic rings. The van der Waals surface area contributed by atoms with E-state index in [1.165, 1.54) is 36.4 Å². The number of benzene rings is 3. The van der Waals surface area contributed by atoms with Gasteiger partial charge in [0.05, 0.1) is 27.0 Å². The fourth-order valence-corrected chi connectivity index (χ4v) is 3.58. The largest absolute Gasteiger partial charge is 0.506 e. The van der Waals surface area contributed by atoms with Crippen LogP contribution in [-0.2, 0) is 0 Å². The molecule has 7 nitrogen and oxygen atoms in total. The van der Waals surface area contributed by atoms with Crippen molar-refractivity contribution in [2.75, 3.05) is 11.5 Å². The Labute approximate surface area is 173 Å². The summed E-state index contributed by atoms with van der Waals surface area (Å²) in [5.74, 6) is -1.35. The summed E-state index contributed by atoms with van der Waals surface area (Å²) in [6.45, 7) is 0. The van der Waals surface area contributed by atoms with Gasteiger partial charge in [0, 0.05) is 34.2 Å². The Balaban J connectivity index is 2.32. The standard InChI is InChI=1S/C20H12Cl2N2O5/c21-10-3-8-15(5-13(10)25)29-16-6-14(26)11(22)4-9(16)17(8)18-7(20(27)28)1-2-12(23)19(18)24/h1-6,25H,23-24H2,(H,27,28). The van der Waals surface area contributed by atoms with E-state index in [1.807, 2.05) is 0 Å². The van der Waals surface area contributed by atoms with Gasteiger partial charge in [-0.05, 0) is 24.3 Å². The predicted molar refractivity (Wildman–Crippen MR) is 112 cm³/mol. The molecule has 0 spiro atoms. The van der Waals surface area contributed by atoms with Crippen LogP contribution in [0, 0.1) is 0 Å². The molecule has 0 saturated carbocycles. The lowest BCUT2D eigenvalue weighted by Gasteiger charge is -2.19. The zero-order valence-corrected chi connectivity index (χ0v) is 16.0. The quantitative estimate of drug-likeness (QED) is 0.272. The minimum atomic E-state index is -1.23. The van der Waals surface area contributed by atoms with Gasteiger partial charge in [0.1, 0.15) is 17.1 Å². The zero-order valence-electron chi connectivity index (χ0n) is 14.5. The summed E-state index contributed by atoms with van der Waals surface area (Å²) in [7, 11) is 0. The topological polar surface area (TPSA) is 140 Å². The molecule has 1 heterocycles. The van der Waals surface area contributed by atoms with Crippen LogP contribution in [0.3, 0.4) is 0 Å². The molecule has 4 rings (SSSR count). The monoisotopic (exact) mass is 430 g/mol. The van der Waals surface area contributed by atoms with Gasteiger partial charge in [0.15, 0.2) is 0 Å². The third-order valence-corrected chi connectivity index (χ3v) is 5.20. The summed E-state index contributed by atoms with van der Waals surface area (Å²) >= 11 is 12.1. The van der Waals surface area contributed by atoms with Crippen LogP contribution in [0.1, 0.15) is 10.4 Å². The van der Waals surface area contributed by atoms with E-state index in [4.69, 9.17) is 39.1 Å². The Kier molecular flexibility index (Phi) is 4.29. The fraction of sp³-hybridized carbons (Fsp3) is 0. The van der Waals surface area contributed by atoms with Crippen molar-refractivity contribution in [3.05, 3.63) is 62.2 Å². The smallest absolute Gasteiger partial charge is 0.336 e. The number of aromatic carboxylic acids is 1. The maximum absolute atomic E-state index is 12.0. The van der Waals surface area contributed by atoms with Crippen LogP contribution in [0.15, 0.2) is 45.6 Å². The average Bonchev–Trinajstić information content (AvgIpc) is 2.65. The molecule has 0 amide bonds. The molecule has 0 bridgehead atoms. The molecule has 2 aliphatic rings. The van der Waals surface area contributed by atoms with Crippen molar-refractivity contribution in [2.24, 2.45) is 0 Å². The molecule has 2 aromatic carbocycles. The van der Waals surface area contributed by atoms with Crippen molar-refractivity contribution < 1.29 is 19.4 Å². The lowest BCUT2D eigenvalue weighted by atomic mass is 9.89.